The minimum absolute atomic E-state index is 0.169. The number of ether oxygens (including phenoxy) is 1. The minimum atomic E-state index is -0.169. The number of aliphatic hydroxyl groups is 1. The summed E-state index contributed by atoms with van der Waals surface area (Å²) in [5.74, 6) is 3.03. The van der Waals surface area contributed by atoms with Gasteiger partial charge in [0.1, 0.15) is 0 Å². The molecule has 1 fully saturated rings. The number of aliphatic hydroxyl groups excluding tert-OH is 1. The maximum atomic E-state index is 9.78. The first-order valence-corrected chi connectivity index (χ1v) is 5.04. The van der Waals surface area contributed by atoms with Crippen molar-refractivity contribution in [3.63, 3.8) is 0 Å². The number of hydrogen-bond acceptors (Lipinski definition) is 2. The molecule has 1 aliphatic rings. The zero-order chi connectivity index (χ0) is 9.52. The van der Waals surface area contributed by atoms with Gasteiger partial charge in [0.15, 0.2) is 0 Å². The third-order valence-electron chi connectivity index (χ3n) is 2.63. The zero-order valence-electron chi connectivity index (χ0n) is 8.04. The summed E-state index contributed by atoms with van der Waals surface area (Å²) in [6.07, 6.45) is 9.53. The molecule has 0 aromatic heterocycles. The van der Waals surface area contributed by atoms with Crippen LogP contribution in [0.2, 0.25) is 0 Å². The molecule has 1 N–H and O–H groups in total. The molecule has 1 atom stereocenters. The Labute approximate surface area is 80.3 Å². The van der Waals surface area contributed by atoms with Crippen molar-refractivity contribution in [3.8, 4) is 12.3 Å². The lowest BCUT2D eigenvalue weighted by Gasteiger charge is -2.26. The second-order valence-corrected chi connectivity index (χ2v) is 3.61. The largest absolute Gasteiger partial charge is 0.393 e. The molecule has 1 rings (SSSR count). The molecule has 2 heteroatoms. The van der Waals surface area contributed by atoms with E-state index in [0.717, 1.165) is 45.3 Å². The van der Waals surface area contributed by atoms with Crippen LogP contribution < -0.4 is 0 Å². The average Bonchev–Trinajstić information content (AvgIpc) is 2.19. The van der Waals surface area contributed by atoms with Crippen LogP contribution in [0, 0.1) is 18.3 Å². The van der Waals surface area contributed by atoms with E-state index in [9.17, 15) is 5.11 Å². The molecule has 2 nitrogen and oxygen atoms in total. The number of rotatable bonds is 4. The lowest BCUT2D eigenvalue weighted by molar-refractivity contribution is 0.00446. The van der Waals surface area contributed by atoms with E-state index in [0.29, 0.717) is 5.92 Å². The summed E-state index contributed by atoms with van der Waals surface area (Å²) in [5, 5.41) is 9.78. The highest BCUT2D eigenvalue weighted by molar-refractivity contribution is 4.84. The SMILES string of the molecule is C#CCCCC(O)C1CCOCC1. The van der Waals surface area contributed by atoms with Gasteiger partial charge in [-0.05, 0) is 31.6 Å². The standard InChI is InChI=1S/C11H18O2/c1-2-3-4-5-11(12)10-6-8-13-9-7-10/h1,10-12H,3-9H2. The molecule has 0 amide bonds. The summed E-state index contributed by atoms with van der Waals surface area (Å²) in [6.45, 7) is 1.60. The van der Waals surface area contributed by atoms with E-state index in [2.05, 4.69) is 5.92 Å². The molecule has 0 saturated carbocycles. The second kappa shape index (κ2) is 6.01. The van der Waals surface area contributed by atoms with Crippen molar-refractivity contribution >= 4 is 0 Å². The van der Waals surface area contributed by atoms with Crippen LogP contribution in [-0.2, 0) is 4.74 Å². The molecule has 0 spiro atoms. The van der Waals surface area contributed by atoms with E-state index in [1.165, 1.54) is 0 Å². The van der Waals surface area contributed by atoms with Gasteiger partial charge in [0, 0.05) is 19.6 Å². The van der Waals surface area contributed by atoms with Crippen LogP contribution >= 0.6 is 0 Å². The van der Waals surface area contributed by atoms with Crippen molar-refractivity contribution in [2.24, 2.45) is 5.92 Å². The van der Waals surface area contributed by atoms with Gasteiger partial charge in [0.2, 0.25) is 0 Å². The highest BCUT2D eigenvalue weighted by Crippen LogP contribution is 2.21. The van der Waals surface area contributed by atoms with Crippen molar-refractivity contribution in [1.82, 2.24) is 0 Å². The Morgan fingerprint density at radius 1 is 1.46 bits per heavy atom. The lowest BCUT2D eigenvalue weighted by atomic mass is 9.91. The van der Waals surface area contributed by atoms with Crippen LogP contribution in [0.3, 0.4) is 0 Å². The Balaban J connectivity index is 2.14. The van der Waals surface area contributed by atoms with Gasteiger partial charge in [0.25, 0.3) is 0 Å². The molecular formula is C11H18O2. The minimum Gasteiger partial charge on any atom is -0.393 e. The number of hydrogen-bond donors (Lipinski definition) is 1. The van der Waals surface area contributed by atoms with Crippen LogP contribution in [-0.4, -0.2) is 24.4 Å². The molecule has 0 bridgehead atoms. The van der Waals surface area contributed by atoms with Gasteiger partial charge in [-0.25, -0.2) is 0 Å². The second-order valence-electron chi connectivity index (χ2n) is 3.61. The molecule has 0 radical (unpaired) electrons. The van der Waals surface area contributed by atoms with E-state index >= 15 is 0 Å². The van der Waals surface area contributed by atoms with Crippen LogP contribution in [0.5, 0.6) is 0 Å². The van der Waals surface area contributed by atoms with Gasteiger partial charge in [-0.1, -0.05) is 0 Å². The molecule has 13 heavy (non-hydrogen) atoms. The van der Waals surface area contributed by atoms with E-state index in [1.54, 1.807) is 0 Å². The van der Waals surface area contributed by atoms with Gasteiger partial charge in [0.05, 0.1) is 6.10 Å². The van der Waals surface area contributed by atoms with E-state index < -0.39 is 0 Å². The molecule has 0 aromatic carbocycles. The van der Waals surface area contributed by atoms with Crippen LogP contribution in [0.15, 0.2) is 0 Å². The quantitative estimate of drug-likeness (QED) is 0.528. The monoisotopic (exact) mass is 182 g/mol. The molecule has 1 aliphatic heterocycles. The summed E-state index contributed by atoms with van der Waals surface area (Å²) in [6, 6.07) is 0. The van der Waals surface area contributed by atoms with Crippen molar-refractivity contribution in [3.05, 3.63) is 0 Å². The summed E-state index contributed by atoms with van der Waals surface area (Å²) < 4.78 is 5.23. The summed E-state index contributed by atoms with van der Waals surface area (Å²) in [7, 11) is 0. The van der Waals surface area contributed by atoms with Crippen LogP contribution in [0.1, 0.15) is 32.1 Å². The fourth-order valence-electron chi connectivity index (χ4n) is 1.75. The van der Waals surface area contributed by atoms with Crippen LogP contribution in [0.4, 0.5) is 0 Å². The normalized spacial score (nSPS) is 20.9. The third-order valence-corrected chi connectivity index (χ3v) is 2.63. The smallest absolute Gasteiger partial charge is 0.0570 e. The molecule has 0 aliphatic carbocycles. The van der Waals surface area contributed by atoms with Crippen molar-refractivity contribution < 1.29 is 9.84 Å². The lowest BCUT2D eigenvalue weighted by Crippen LogP contribution is -2.27. The summed E-state index contributed by atoms with van der Waals surface area (Å²) in [5.41, 5.74) is 0. The Morgan fingerprint density at radius 3 is 2.77 bits per heavy atom. The van der Waals surface area contributed by atoms with E-state index in [4.69, 9.17) is 11.2 Å². The van der Waals surface area contributed by atoms with Gasteiger partial charge in [-0.3, -0.25) is 0 Å². The third kappa shape index (κ3) is 3.80. The van der Waals surface area contributed by atoms with Crippen molar-refractivity contribution in [1.29, 1.82) is 0 Å². The van der Waals surface area contributed by atoms with Crippen molar-refractivity contribution in [2.45, 2.75) is 38.2 Å². The molecule has 0 aromatic rings. The van der Waals surface area contributed by atoms with Gasteiger partial charge in [-0.2, -0.15) is 0 Å². The first-order chi connectivity index (χ1) is 6.34. The molecule has 1 saturated heterocycles. The topological polar surface area (TPSA) is 29.5 Å². The Morgan fingerprint density at radius 2 is 2.15 bits per heavy atom. The maximum Gasteiger partial charge on any atom is 0.0570 e. The zero-order valence-corrected chi connectivity index (χ0v) is 8.04. The predicted molar refractivity (Wildman–Crippen MR) is 52.2 cm³/mol. The fourth-order valence-corrected chi connectivity index (χ4v) is 1.75. The molecule has 1 heterocycles. The Hall–Kier alpha value is -0.520. The average molecular weight is 182 g/mol. The van der Waals surface area contributed by atoms with E-state index in [1.807, 2.05) is 0 Å². The molecule has 74 valence electrons. The number of terminal acetylenes is 1. The highest BCUT2D eigenvalue weighted by Gasteiger charge is 2.21. The van der Waals surface area contributed by atoms with Gasteiger partial charge >= 0.3 is 0 Å². The number of unbranched alkanes of at least 4 members (excludes halogenated alkanes) is 1. The van der Waals surface area contributed by atoms with Crippen molar-refractivity contribution in [2.75, 3.05) is 13.2 Å². The predicted octanol–water partition coefficient (Wildman–Crippen LogP) is 1.58. The van der Waals surface area contributed by atoms with Gasteiger partial charge in [-0.15, -0.1) is 12.3 Å². The highest BCUT2D eigenvalue weighted by atomic mass is 16.5. The Bertz CT molecular complexity index is 165. The summed E-state index contributed by atoms with van der Waals surface area (Å²) in [4.78, 5) is 0. The fraction of sp³-hybridized carbons (Fsp3) is 0.818. The Kier molecular flexibility index (Phi) is 4.88. The van der Waals surface area contributed by atoms with Crippen LogP contribution in [0.25, 0.3) is 0 Å². The summed E-state index contributed by atoms with van der Waals surface area (Å²) >= 11 is 0. The van der Waals surface area contributed by atoms with Gasteiger partial charge < -0.3 is 9.84 Å². The molecule has 1 unspecified atom stereocenters. The first-order valence-electron chi connectivity index (χ1n) is 5.04. The molecular weight excluding hydrogens is 164 g/mol. The maximum absolute atomic E-state index is 9.78. The van der Waals surface area contributed by atoms with E-state index in [-0.39, 0.29) is 6.10 Å². The first kappa shape index (κ1) is 10.6.